The van der Waals surface area contributed by atoms with Gasteiger partial charge in [0.1, 0.15) is 0 Å². The summed E-state index contributed by atoms with van der Waals surface area (Å²) < 4.78 is 27.2. The molecule has 2 N–H and O–H groups in total. The molecule has 1 amide bonds. The number of carbonyl (C=O) groups is 1. The molecule has 0 aliphatic carbocycles. The van der Waals surface area contributed by atoms with Gasteiger partial charge in [-0.25, -0.2) is 8.42 Å². The third-order valence-electron chi connectivity index (χ3n) is 4.80. The molecule has 150 valence electrons. The number of amides is 1. The van der Waals surface area contributed by atoms with Crippen molar-refractivity contribution >= 4 is 27.3 Å². The fourth-order valence-electron chi connectivity index (χ4n) is 2.84. The Morgan fingerprint density at radius 3 is 2.03 bits per heavy atom. The van der Waals surface area contributed by atoms with Crippen LogP contribution in [0.5, 0.6) is 0 Å². The summed E-state index contributed by atoms with van der Waals surface area (Å²) in [7, 11) is -3.66. The maximum Gasteiger partial charge on any atom is 0.261 e. The molecule has 0 aliphatic rings. The van der Waals surface area contributed by atoms with Gasteiger partial charge in [0.2, 0.25) is 0 Å². The van der Waals surface area contributed by atoms with Crippen LogP contribution in [0, 0.1) is 0 Å². The van der Waals surface area contributed by atoms with E-state index in [0.717, 1.165) is 12.1 Å². The molecule has 3 rings (SSSR count). The highest BCUT2D eigenvalue weighted by molar-refractivity contribution is 7.92. The SMILES string of the molecule is CCC(C)c1ccc(NC(=O)c2ccc(NS(=O)(=O)c3ccccc3)cc2)cc1. The molecule has 0 aromatic heterocycles. The van der Waals surface area contributed by atoms with Crippen LogP contribution in [0.4, 0.5) is 11.4 Å². The van der Waals surface area contributed by atoms with Crippen molar-refractivity contribution in [1.29, 1.82) is 0 Å². The summed E-state index contributed by atoms with van der Waals surface area (Å²) in [6, 6.07) is 22.3. The molecule has 0 heterocycles. The first-order valence-corrected chi connectivity index (χ1v) is 11.0. The fourth-order valence-corrected chi connectivity index (χ4v) is 3.92. The molecule has 0 spiro atoms. The predicted molar refractivity (Wildman–Crippen MR) is 117 cm³/mol. The molecule has 6 heteroatoms. The van der Waals surface area contributed by atoms with Crippen LogP contribution in [0.3, 0.4) is 0 Å². The minimum absolute atomic E-state index is 0.183. The Morgan fingerprint density at radius 1 is 0.862 bits per heavy atom. The first kappa shape index (κ1) is 20.6. The lowest BCUT2D eigenvalue weighted by molar-refractivity contribution is 0.102. The van der Waals surface area contributed by atoms with Crippen LogP contribution < -0.4 is 10.0 Å². The lowest BCUT2D eigenvalue weighted by Gasteiger charge is -2.11. The molecule has 0 aliphatic heterocycles. The summed E-state index contributed by atoms with van der Waals surface area (Å²) in [6.07, 6.45) is 1.06. The molecule has 5 nitrogen and oxygen atoms in total. The second-order valence-corrected chi connectivity index (χ2v) is 8.56. The first-order chi connectivity index (χ1) is 13.9. The van der Waals surface area contributed by atoms with Crippen LogP contribution in [0.25, 0.3) is 0 Å². The van der Waals surface area contributed by atoms with Gasteiger partial charge < -0.3 is 5.32 Å². The molecular weight excluding hydrogens is 384 g/mol. The number of hydrogen-bond donors (Lipinski definition) is 2. The maximum absolute atomic E-state index is 12.5. The summed E-state index contributed by atoms with van der Waals surface area (Å²) in [4.78, 5) is 12.6. The topological polar surface area (TPSA) is 75.3 Å². The van der Waals surface area contributed by atoms with Crippen LogP contribution in [0.15, 0.2) is 83.8 Å². The third kappa shape index (κ3) is 5.23. The molecule has 3 aromatic rings. The Kier molecular flexibility index (Phi) is 6.34. The van der Waals surface area contributed by atoms with E-state index >= 15 is 0 Å². The molecule has 0 saturated heterocycles. The smallest absolute Gasteiger partial charge is 0.261 e. The summed E-state index contributed by atoms with van der Waals surface area (Å²) in [6.45, 7) is 4.31. The van der Waals surface area contributed by atoms with Crippen LogP contribution >= 0.6 is 0 Å². The normalized spacial score (nSPS) is 12.2. The van der Waals surface area contributed by atoms with Crippen molar-refractivity contribution in [1.82, 2.24) is 0 Å². The van der Waals surface area contributed by atoms with Gasteiger partial charge in [0.15, 0.2) is 0 Å². The average molecular weight is 409 g/mol. The van der Waals surface area contributed by atoms with Crippen molar-refractivity contribution in [2.45, 2.75) is 31.1 Å². The monoisotopic (exact) mass is 408 g/mol. The summed E-state index contributed by atoms with van der Waals surface area (Å²) in [5, 5.41) is 2.86. The molecule has 0 fully saturated rings. The van der Waals surface area contributed by atoms with E-state index in [9.17, 15) is 13.2 Å². The maximum atomic E-state index is 12.5. The number of anilines is 2. The molecular formula is C23H24N2O3S. The quantitative estimate of drug-likeness (QED) is 0.560. The van der Waals surface area contributed by atoms with E-state index in [1.807, 2.05) is 24.3 Å². The minimum Gasteiger partial charge on any atom is -0.322 e. The van der Waals surface area contributed by atoms with E-state index in [2.05, 4.69) is 23.9 Å². The Labute approximate surface area is 171 Å². The van der Waals surface area contributed by atoms with Gasteiger partial charge in [-0.05, 0) is 66.4 Å². The molecule has 29 heavy (non-hydrogen) atoms. The van der Waals surface area contributed by atoms with E-state index in [4.69, 9.17) is 0 Å². The molecule has 1 unspecified atom stereocenters. The zero-order valence-electron chi connectivity index (χ0n) is 16.4. The number of rotatable bonds is 7. The number of sulfonamides is 1. The van der Waals surface area contributed by atoms with Crippen LogP contribution in [-0.2, 0) is 10.0 Å². The van der Waals surface area contributed by atoms with Gasteiger partial charge in [-0.2, -0.15) is 0 Å². The number of nitrogens with one attached hydrogen (secondary N) is 2. The van der Waals surface area contributed by atoms with E-state index in [1.165, 1.54) is 17.7 Å². The highest BCUT2D eigenvalue weighted by Gasteiger charge is 2.14. The number of hydrogen-bond acceptors (Lipinski definition) is 3. The zero-order valence-corrected chi connectivity index (χ0v) is 17.2. The third-order valence-corrected chi connectivity index (χ3v) is 6.20. The largest absolute Gasteiger partial charge is 0.322 e. The van der Waals surface area contributed by atoms with Gasteiger partial charge >= 0.3 is 0 Å². The van der Waals surface area contributed by atoms with Gasteiger partial charge in [-0.1, -0.05) is 44.2 Å². The Hall–Kier alpha value is -3.12. The Bertz CT molecular complexity index is 1060. The van der Waals surface area contributed by atoms with Crippen molar-refractivity contribution in [3.05, 3.63) is 90.0 Å². The van der Waals surface area contributed by atoms with Crippen LogP contribution in [0.2, 0.25) is 0 Å². The minimum atomic E-state index is -3.66. The van der Waals surface area contributed by atoms with Crippen molar-refractivity contribution in [3.63, 3.8) is 0 Å². The molecule has 0 bridgehead atoms. The van der Waals surface area contributed by atoms with E-state index in [1.54, 1.807) is 42.5 Å². The molecule has 0 radical (unpaired) electrons. The van der Waals surface area contributed by atoms with Gasteiger partial charge in [0.05, 0.1) is 4.90 Å². The Morgan fingerprint density at radius 2 is 1.45 bits per heavy atom. The van der Waals surface area contributed by atoms with E-state index in [0.29, 0.717) is 17.2 Å². The van der Waals surface area contributed by atoms with Crippen molar-refractivity contribution in [3.8, 4) is 0 Å². The number of carbonyl (C=O) groups excluding carboxylic acids is 1. The highest BCUT2D eigenvalue weighted by atomic mass is 32.2. The second kappa shape index (κ2) is 8.92. The van der Waals surface area contributed by atoms with Crippen molar-refractivity contribution < 1.29 is 13.2 Å². The first-order valence-electron chi connectivity index (χ1n) is 9.48. The zero-order chi connectivity index (χ0) is 20.9. The van der Waals surface area contributed by atoms with Gasteiger partial charge in [-0.3, -0.25) is 9.52 Å². The number of benzene rings is 3. The van der Waals surface area contributed by atoms with Gasteiger partial charge in [0.25, 0.3) is 15.9 Å². The van der Waals surface area contributed by atoms with Gasteiger partial charge in [-0.15, -0.1) is 0 Å². The van der Waals surface area contributed by atoms with Crippen molar-refractivity contribution in [2.24, 2.45) is 0 Å². The highest BCUT2D eigenvalue weighted by Crippen LogP contribution is 2.21. The molecule has 1 atom stereocenters. The predicted octanol–water partition coefficient (Wildman–Crippen LogP) is 5.25. The standard InChI is InChI=1S/C23H24N2O3S/c1-3-17(2)18-9-13-20(14-10-18)24-23(26)19-11-15-21(16-12-19)25-29(27,28)22-7-5-4-6-8-22/h4-17,25H,3H2,1-2H3,(H,24,26). The average Bonchev–Trinajstić information content (AvgIpc) is 2.74. The van der Waals surface area contributed by atoms with E-state index in [-0.39, 0.29) is 10.8 Å². The summed E-state index contributed by atoms with van der Waals surface area (Å²) in [5.74, 6) is 0.228. The van der Waals surface area contributed by atoms with Crippen molar-refractivity contribution in [2.75, 3.05) is 10.0 Å². The lowest BCUT2D eigenvalue weighted by Crippen LogP contribution is -2.14. The van der Waals surface area contributed by atoms with E-state index < -0.39 is 10.0 Å². The van der Waals surface area contributed by atoms with Gasteiger partial charge in [0, 0.05) is 16.9 Å². The Balaban J connectivity index is 1.66. The summed E-state index contributed by atoms with van der Waals surface area (Å²) >= 11 is 0. The molecule has 3 aromatic carbocycles. The van der Waals surface area contributed by atoms with Crippen LogP contribution in [0.1, 0.15) is 42.1 Å². The molecule has 0 saturated carbocycles. The van der Waals surface area contributed by atoms with Crippen LogP contribution in [-0.4, -0.2) is 14.3 Å². The second-order valence-electron chi connectivity index (χ2n) is 6.88. The lowest BCUT2D eigenvalue weighted by atomic mass is 9.98. The fraction of sp³-hybridized carbons (Fsp3) is 0.174. The summed E-state index contributed by atoms with van der Waals surface area (Å²) in [5.41, 5.74) is 2.79.